The zero-order valence-corrected chi connectivity index (χ0v) is 11.7. The van der Waals surface area contributed by atoms with Gasteiger partial charge in [0.25, 0.3) is 0 Å². The number of fused-ring (bicyclic) bond motifs is 1. The Morgan fingerprint density at radius 1 is 1.20 bits per heavy atom. The lowest BCUT2D eigenvalue weighted by atomic mass is 10.0. The van der Waals surface area contributed by atoms with Crippen LogP contribution in [0.25, 0.3) is 0 Å². The van der Waals surface area contributed by atoms with Crippen LogP contribution < -0.4 is 10.6 Å². The van der Waals surface area contributed by atoms with E-state index in [9.17, 15) is 4.79 Å². The summed E-state index contributed by atoms with van der Waals surface area (Å²) in [4.78, 5) is 17.2. The molecule has 1 aliphatic rings. The number of hydrogen-bond donors (Lipinski definition) is 2. The Morgan fingerprint density at radius 3 is 2.85 bits per heavy atom. The first-order valence-electron chi connectivity index (χ1n) is 6.52. The molecule has 4 nitrogen and oxygen atoms in total. The average molecular weight is 285 g/mol. The highest BCUT2D eigenvalue weighted by atomic mass is 32.2. The molecule has 20 heavy (non-hydrogen) atoms. The lowest BCUT2D eigenvalue weighted by Gasteiger charge is -2.25. The molecule has 1 aliphatic heterocycles. The highest BCUT2D eigenvalue weighted by molar-refractivity contribution is 7.99. The van der Waals surface area contributed by atoms with Crippen molar-refractivity contribution in [2.45, 2.75) is 17.4 Å². The molecule has 0 aliphatic carbocycles. The van der Waals surface area contributed by atoms with Gasteiger partial charge in [0.1, 0.15) is 0 Å². The van der Waals surface area contributed by atoms with Crippen molar-refractivity contribution in [1.29, 1.82) is 0 Å². The molecule has 0 fully saturated rings. The van der Waals surface area contributed by atoms with Crippen molar-refractivity contribution < 1.29 is 4.79 Å². The summed E-state index contributed by atoms with van der Waals surface area (Å²) in [5, 5.41) is 5.86. The standard InChI is InChI=1S/C15H15N3OS/c19-15(17-11-5-8-16-9-6-11)18-13-7-10-20-14-4-2-1-3-12(13)14/h1-6,8-9,13H,7,10H2,(H2,16,17,18,19). The van der Waals surface area contributed by atoms with E-state index in [2.05, 4.69) is 27.8 Å². The van der Waals surface area contributed by atoms with Crippen molar-refractivity contribution in [2.75, 3.05) is 11.1 Å². The monoisotopic (exact) mass is 285 g/mol. The smallest absolute Gasteiger partial charge is 0.319 e. The molecule has 1 unspecified atom stereocenters. The number of carbonyl (C=O) groups is 1. The molecule has 0 radical (unpaired) electrons. The third kappa shape index (κ3) is 2.93. The Morgan fingerprint density at radius 2 is 2.00 bits per heavy atom. The van der Waals surface area contributed by atoms with E-state index in [0.29, 0.717) is 0 Å². The van der Waals surface area contributed by atoms with Crippen LogP contribution in [0.2, 0.25) is 0 Å². The summed E-state index contributed by atoms with van der Waals surface area (Å²) in [5.41, 5.74) is 1.95. The van der Waals surface area contributed by atoms with Gasteiger partial charge in [-0.15, -0.1) is 11.8 Å². The lowest BCUT2D eigenvalue weighted by Crippen LogP contribution is -2.34. The first kappa shape index (κ1) is 13.0. The van der Waals surface area contributed by atoms with Gasteiger partial charge in [-0.3, -0.25) is 4.98 Å². The molecule has 1 aromatic carbocycles. The van der Waals surface area contributed by atoms with Gasteiger partial charge in [-0.2, -0.15) is 0 Å². The molecule has 1 aromatic heterocycles. The number of carbonyl (C=O) groups excluding carboxylic acids is 1. The minimum absolute atomic E-state index is 0.0780. The molecule has 5 heteroatoms. The highest BCUT2D eigenvalue weighted by Gasteiger charge is 2.21. The predicted octanol–water partition coefficient (Wildman–Crippen LogP) is 3.44. The van der Waals surface area contributed by atoms with Crippen molar-refractivity contribution in [3.05, 3.63) is 54.4 Å². The van der Waals surface area contributed by atoms with Crippen molar-refractivity contribution in [2.24, 2.45) is 0 Å². The van der Waals surface area contributed by atoms with Crippen LogP contribution in [-0.4, -0.2) is 16.8 Å². The average Bonchev–Trinajstić information content (AvgIpc) is 2.48. The van der Waals surface area contributed by atoms with E-state index in [1.54, 1.807) is 24.5 Å². The number of thioether (sulfide) groups is 1. The van der Waals surface area contributed by atoms with Crippen molar-refractivity contribution in [3.63, 3.8) is 0 Å². The fourth-order valence-electron chi connectivity index (χ4n) is 2.25. The van der Waals surface area contributed by atoms with Crippen LogP contribution in [0, 0.1) is 0 Å². The molecule has 0 saturated heterocycles. The van der Waals surface area contributed by atoms with Crippen molar-refractivity contribution >= 4 is 23.5 Å². The van der Waals surface area contributed by atoms with Crippen LogP contribution in [0.5, 0.6) is 0 Å². The topological polar surface area (TPSA) is 54.0 Å². The number of pyridine rings is 1. The van der Waals surface area contributed by atoms with Crippen molar-refractivity contribution in [1.82, 2.24) is 10.3 Å². The molecule has 2 N–H and O–H groups in total. The SMILES string of the molecule is O=C(Nc1ccncc1)NC1CCSc2ccccc21. The zero-order chi connectivity index (χ0) is 13.8. The number of rotatable bonds is 2. The van der Waals surface area contributed by atoms with Crippen LogP contribution >= 0.6 is 11.8 Å². The largest absolute Gasteiger partial charge is 0.331 e. The molecule has 2 amide bonds. The summed E-state index contributed by atoms with van der Waals surface area (Å²) in [6, 6.07) is 11.7. The number of anilines is 1. The number of nitrogens with one attached hydrogen (secondary N) is 2. The molecule has 1 atom stereocenters. The van der Waals surface area contributed by atoms with Crippen LogP contribution in [0.3, 0.4) is 0 Å². The van der Waals surface area contributed by atoms with E-state index in [1.165, 1.54) is 10.5 Å². The van der Waals surface area contributed by atoms with Crippen molar-refractivity contribution in [3.8, 4) is 0 Å². The summed E-state index contributed by atoms with van der Waals surface area (Å²) in [6.07, 6.45) is 4.26. The molecule has 0 saturated carbocycles. The van der Waals surface area contributed by atoms with E-state index < -0.39 is 0 Å². The van der Waals surface area contributed by atoms with E-state index in [-0.39, 0.29) is 12.1 Å². The predicted molar refractivity (Wildman–Crippen MR) is 80.9 cm³/mol. The summed E-state index contributed by atoms with van der Waals surface area (Å²) in [6.45, 7) is 0. The second kappa shape index (κ2) is 5.96. The van der Waals surface area contributed by atoms with Gasteiger partial charge in [-0.05, 0) is 30.2 Å². The van der Waals surface area contributed by atoms with Crippen LogP contribution in [0.4, 0.5) is 10.5 Å². The van der Waals surface area contributed by atoms with Gasteiger partial charge in [0, 0.05) is 28.7 Å². The third-order valence-electron chi connectivity index (χ3n) is 3.20. The number of amides is 2. The van der Waals surface area contributed by atoms with Crippen LogP contribution in [-0.2, 0) is 0 Å². The Labute approximate surface area is 122 Å². The van der Waals surface area contributed by atoms with Gasteiger partial charge < -0.3 is 10.6 Å². The fourth-order valence-corrected chi connectivity index (χ4v) is 3.38. The fraction of sp³-hybridized carbons (Fsp3) is 0.200. The van der Waals surface area contributed by atoms with Gasteiger partial charge in [0.05, 0.1) is 6.04 Å². The summed E-state index contributed by atoms with van der Waals surface area (Å²) >= 11 is 1.84. The molecular formula is C15H15N3OS. The zero-order valence-electron chi connectivity index (χ0n) is 10.9. The van der Waals surface area contributed by atoms with Gasteiger partial charge in [-0.1, -0.05) is 18.2 Å². The molecule has 0 bridgehead atoms. The van der Waals surface area contributed by atoms with E-state index in [4.69, 9.17) is 0 Å². The lowest BCUT2D eigenvalue weighted by molar-refractivity contribution is 0.248. The molecular weight excluding hydrogens is 270 g/mol. The number of aromatic nitrogens is 1. The molecule has 0 spiro atoms. The Balaban J connectivity index is 1.68. The molecule has 102 valence electrons. The van der Waals surface area contributed by atoms with Crippen LogP contribution in [0.1, 0.15) is 18.0 Å². The Bertz CT molecular complexity index is 603. The second-order valence-electron chi connectivity index (χ2n) is 4.56. The Kier molecular flexibility index (Phi) is 3.87. The highest BCUT2D eigenvalue weighted by Crippen LogP contribution is 2.35. The summed E-state index contributed by atoms with van der Waals surface area (Å²) < 4.78 is 0. The van der Waals surface area contributed by atoms with Gasteiger partial charge in [-0.25, -0.2) is 4.79 Å². The normalized spacial score (nSPS) is 17.1. The minimum Gasteiger partial charge on any atom is -0.331 e. The summed E-state index contributed by atoms with van der Waals surface area (Å²) in [7, 11) is 0. The molecule has 2 aromatic rings. The van der Waals surface area contributed by atoms with Crippen LogP contribution in [0.15, 0.2) is 53.7 Å². The van der Waals surface area contributed by atoms with E-state index >= 15 is 0 Å². The molecule has 3 rings (SSSR count). The number of hydrogen-bond acceptors (Lipinski definition) is 3. The van der Waals surface area contributed by atoms with E-state index in [0.717, 1.165) is 17.9 Å². The maximum absolute atomic E-state index is 12.0. The quantitative estimate of drug-likeness (QED) is 0.888. The number of benzene rings is 1. The number of urea groups is 1. The van der Waals surface area contributed by atoms with Gasteiger partial charge in [0.2, 0.25) is 0 Å². The van der Waals surface area contributed by atoms with Gasteiger partial charge in [0.15, 0.2) is 0 Å². The molecule has 2 heterocycles. The minimum atomic E-state index is -0.178. The second-order valence-corrected chi connectivity index (χ2v) is 5.70. The maximum Gasteiger partial charge on any atom is 0.319 e. The summed E-state index contributed by atoms with van der Waals surface area (Å²) in [5.74, 6) is 1.03. The number of nitrogens with zero attached hydrogens (tertiary/aromatic N) is 1. The first-order valence-corrected chi connectivity index (χ1v) is 7.51. The maximum atomic E-state index is 12.0. The first-order chi connectivity index (χ1) is 9.83. The van der Waals surface area contributed by atoms with E-state index in [1.807, 2.05) is 23.9 Å². The Hall–Kier alpha value is -2.01. The van der Waals surface area contributed by atoms with Gasteiger partial charge >= 0.3 is 6.03 Å². The third-order valence-corrected chi connectivity index (χ3v) is 4.32.